The normalized spacial score (nSPS) is 11.7. The molecule has 1 rings (SSSR count). The third-order valence-electron chi connectivity index (χ3n) is 2.97. The van der Waals surface area contributed by atoms with Gasteiger partial charge in [-0.3, -0.25) is 9.59 Å². The van der Waals surface area contributed by atoms with E-state index in [0.717, 1.165) is 0 Å². The summed E-state index contributed by atoms with van der Waals surface area (Å²) in [7, 11) is 3.06. The first-order valence-electron chi connectivity index (χ1n) is 6.69. The van der Waals surface area contributed by atoms with Gasteiger partial charge in [0.05, 0.1) is 19.9 Å². The summed E-state index contributed by atoms with van der Waals surface area (Å²) in [4.78, 5) is 23.5. The van der Waals surface area contributed by atoms with E-state index in [4.69, 9.17) is 9.47 Å². The molecule has 1 aromatic carbocycles. The minimum absolute atomic E-state index is 0.0366. The molecule has 0 bridgehead atoms. The molecule has 0 heterocycles. The lowest BCUT2D eigenvalue weighted by Crippen LogP contribution is -2.46. The summed E-state index contributed by atoms with van der Waals surface area (Å²) in [5.74, 6) is 0.542. The van der Waals surface area contributed by atoms with Gasteiger partial charge in [0.15, 0.2) is 0 Å². The van der Waals surface area contributed by atoms with Crippen LogP contribution in [0.1, 0.15) is 20.8 Å². The summed E-state index contributed by atoms with van der Waals surface area (Å²) >= 11 is 0. The molecule has 0 spiro atoms. The molecule has 0 aliphatic carbocycles. The molecule has 2 N–H and O–H groups in total. The van der Waals surface area contributed by atoms with Crippen molar-refractivity contribution < 1.29 is 19.1 Å². The Morgan fingerprint density at radius 2 is 1.81 bits per heavy atom. The van der Waals surface area contributed by atoms with Crippen LogP contribution in [0.5, 0.6) is 11.5 Å². The minimum Gasteiger partial charge on any atom is -0.497 e. The largest absolute Gasteiger partial charge is 0.497 e. The standard InChI is InChI=1S/C15H22N2O4/c1-9(2)14(16-10(3)18)15(19)17-12-8-11(20-4)6-7-13(12)21-5/h6-9,14H,1-5H3,(H,16,18)(H,17,19). The molecule has 6 nitrogen and oxygen atoms in total. The van der Waals surface area contributed by atoms with Crippen LogP contribution < -0.4 is 20.1 Å². The van der Waals surface area contributed by atoms with Crippen LogP contribution in [0, 0.1) is 5.92 Å². The lowest BCUT2D eigenvalue weighted by Gasteiger charge is -2.21. The molecule has 21 heavy (non-hydrogen) atoms. The number of hydrogen-bond donors (Lipinski definition) is 2. The van der Waals surface area contributed by atoms with Gasteiger partial charge in [0.2, 0.25) is 11.8 Å². The van der Waals surface area contributed by atoms with Gasteiger partial charge >= 0.3 is 0 Å². The molecule has 1 unspecified atom stereocenters. The maximum absolute atomic E-state index is 12.3. The van der Waals surface area contributed by atoms with Gasteiger partial charge in [-0.05, 0) is 18.1 Å². The Bertz CT molecular complexity index is 514. The van der Waals surface area contributed by atoms with E-state index >= 15 is 0 Å². The quantitative estimate of drug-likeness (QED) is 0.839. The van der Waals surface area contributed by atoms with Crippen molar-refractivity contribution in [3.05, 3.63) is 18.2 Å². The zero-order valence-electron chi connectivity index (χ0n) is 13.0. The predicted molar refractivity (Wildman–Crippen MR) is 80.6 cm³/mol. The van der Waals surface area contributed by atoms with Crippen molar-refractivity contribution in [2.24, 2.45) is 5.92 Å². The third-order valence-corrected chi connectivity index (χ3v) is 2.97. The molecule has 116 valence electrons. The second-order valence-corrected chi connectivity index (χ2v) is 4.98. The van der Waals surface area contributed by atoms with E-state index in [1.54, 1.807) is 25.3 Å². The Kier molecular flexibility index (Phi) is 6.02. The molecular formula is C15H22N2O4. The van der Waals surface area contributed by atoms with E-state index in [1.807, 2.05) is 13.8 Å². The molecule has 0 saturated carbocycles. The number of carbonyl (C=O) groups excluding carboxylic acids is 2. The van der Waals surface area contributed by atoms with Gasteiger partial charge in [-0.1, -0.05) is 13.8 Å². The smallest absolute Gasteiger partial charge is 0.247 e. The first kappa shape index (κ1) is 16.8. The highest BCUT2D eigenvalue weighted by molar-refractivity contribution is 5.98. The maximum atomic E-state index is 12.3. The van der Waals surface area contributed by atoms with Crippen molar-refractivity contribution >= 4 is 17.5 Å². The lowest BCUT2D eigenvalue weighted by atomic mass is 10.0. The van der Waals surface area contributed by atoms with Crippen molar-refractivity contribution in [1.29, 1.82) is 0 Å². The number of amides is 2. The zero-order chi connectivity index (χ0) is 16.0. The van der Waals surface area contributed by atoms with Gasteiger partial charge in [0.1, 0.15) is 17.5 Å². The highest BCUT2D eigenvalue weighted by Crippen LogP contribution is 2.29. The Balaban J connectivity index is 2.96. The molecule has 1 atom stereocenters. The SMILES string of the molecule is COc1ccc(OC)c(NC(=O)C(NC(C)=O)C(C)C)c1. The predicted octanol–water partition coefficient (Wildman–Crippen LogP) is 1.80. The molecular weight excluding hydrogens is 272 g/mol. The van der Waals surface area contributed by atoms with Crippen molar-refractivity contribution in [1.82, 2.24) is 5.32 Å². The number of hydrogen-bond acceptors (Lipinski definition) is 4. The fourth-order valence-electron chi connectivity index (χ4n) is 1.88. The Morgan fingerprint density at radius 3 is 2.29 bits per heavy atom. The van der Waals surface area contributed by atoms with Crippen LogP contribution in [0.25, 0.3) is 0 Å². The fourth-order valence-corrected chi connectivity index (χ4v) is 1.88. The average Bonchev–Trinajstić information content (AvgIpc) is 2.43. The van der Waals surface area contributed by atoms with Crippen LogP contribution in [0.4, 0.5) is 5.69 Å². The van der Waals surface area contributed by atoms with Crippen molar-refractivity contribution in [3.63, 3.8) is 0 Å². The molecule has 1 aromatic rings. The highest BCUT2D eigenvalue weighted by Gasteiger charge is 2.24. The highest BCUT2D eigenvalue weighted by atomic mass is 16.5. The van der Waals surface area contributed by atoms with E-state index in [2.05, 4.69) is 10.6 Å². The summed E-state index contributed by atoms with van der Waals surface area (Å²) in [5.41, 5.74) is 0.498. The van der Waals surface area contributed by atoms with Gasteiger partial charge < -0.3 is 20.1 Å². The molecule has 0 aromatic heterocycles. The molecule has 2 amide bonds. The van der Waals surface area contributed by atoms with Gasteiger partial charge in [-0.25, -0.2) is 0 Å². The number of benzene rings is 1. The second kappa shape index (κ2) is 7.52. The molecule has 0 aliphatic rings. The summed E-state index contributed by atoms with van der Waals surface area (Å²) in [5, 5.41) is 5.41. The molecule has 0 saturated heterocycles. The van der Waals surface area contributed by atoms with Crippen LogP contribution in [0.15, 0.2) is 18.2 Å². The number of carbonyl (C=O) groups is 2. The topological polar surface area (TPSA) is 76.7 Å². The minimum atomic E-state index is -0.613. The summed E-state index contributed by atoms with van der Waals surface area (Å²) in [6.45, 7) is 5.11. The lowest BCUT2D eigenvalue weighted by molar-refractivity contribution is -0.126. The van der Waals surface area contributed by atoms with Gasteiger partial charge in [-0.15, -0.1) is 0 Å². The van der Waals surface area contributed by atoms with Crippen LogP contribution in [-0.4, -0.2) is 32.1 Å². The zero-order valence-corrected chi connectivity index (χ0v) is 13.0. The van der Waals surface area contributed by atoms with Gasteiger partial charge in [0.25, 0.3) is 0 Å². The number of anilines is 1. The molecule has 0 aliphatic heterocycles. The maximum Gasteiger partial charge on any atom is 0.247 e. The molecule has 6 heteroatoms. The summed E-state index contributed by atoms with van der Waals surface area (Å²) in [6.07, 6.45) is 0. The van der Waals surface area contributed by atoms with Crippen LogP contribution in [0.2, 0.25) is 0 Å². The van der Waals surface area contributed by atoms with Crippen molar-refractivity contribution in [2.75, 3.05) is 19.5 Å². The number of rotatable bonds is 6. The van der Waals surface area contributed by atoms with Crippen LogP contribution >= 0.6 is 0 Å². The van der Waals surface area contributed by atoms with Gasteiger partial charge in [0, 0.05) is 13.0 Å². The Hall–Kier alpha value is -2.24. The summed E-state index contributed by atoms with van der Waals surface area (Å²) in [6, 6.07) is 4.50. The first-order valence-corrected chi connectivity index (χ1v) is 6.69. The summed E-state index contributed by atoms with van der Waals surface area (Å²) < 4.78 is 10.3. The fraction of sp³-hybridized carbons (Fsp3) is 0.467. The monoisotopic (exact) mass is 294 g/mol. The first-order chi connectivity index (χ1) is 9.88. The van der Waals surface area contributed by atoms with Crippen molar-refractivity contribution in [3.8, 4) is 11.5 Å². The van der Waals surface area contributed by atoms with E-state index in [-0.39, 0.29) is 17.7 Å². The van der Waals surface area contributed by atoms with Gasteiger partial charge in [-0.2, -0.15) is 0 Å². The third kappa shape index (κ3) is 4.66. The van der Waals surface area contributed by atoms with E-state index in [9.17, 15) is 9.59 Å². The Morgan fingerprint density at radius 1 is 1.14 bits per heavy atom. The molecule has 0 fully saturated rings. The number of nitrogens with one attached hydrogen (secondary N) is 2. The van der Waals surface area contributed by atoms with Crippen LogP contribution in [0.3, 0.4) is 0 Å². The van der Waals surface area contributed by atoms with E-state index in [0.29, 0.717) is 17.2 Å². The van der Waals surface area contributed by atoms with Crippen LogP contribution in [-0.2, 0) is 9.59 Å². The van der Waals surface area contributed by atoms with E-state index < -0.39 is 6.04 Å². The molecule has 0 radical (unpaired) electrons. The second-order valence-electron chi connectivity index (χ2n) is 4.98. The number of ether oxygens (including phenoxy) is 2. The number of methoxy groups -OCH3 is 2. The Labute approximate surface area is 124 Å². The average molecular weight is 294 g/mol. The van der Waals surface area contributed by atoms with Crippen molar-refractivity contribution in [2.45, 2.75) is 26.8 Å². The van der Waals surface area contributed by atoms with E-state index in [1.165, 1.54) is 14.0 Å².